The lowest BCUT2D eigenvalue weighted by Gasteiger charge is -2.45. The van der Waals surface area contributed by atoms with Gasteiger partial charge in [0.1, 0.15) is 0 Å². The van der Waals surface area contributed by atoms with Crippen LogP contribution in [0.25, 0.3) is 0 Å². The molecule has 0 radical (unpaired) electrons. The predicted molar refractivity (Wildman–Crippen MR) is 73.9 cm³/mol. The van der Waals surface area contributed by atoms with E-state index in [0.717, 1.165) is 25.7 Å². The Hall–Kier alpha value is -0.210. The fourth-order valence-corrected chi connectivity index (χ4v) is 4.76. The van der Waals surface area contributed by atoms with E-state index in [-0.39, 0.29) is 0 Å². The molecule has 0 spiro atoms. The largest absolute Gasteiger partial charge is 0.379 e. The summed E-state index contributed by atoms with van der Waals surface area (Å²) in [5.74, 6) is 0. The molecule has 7 heteroatoms. The molecule has 1 saturated carbocycles. The molecule has 1 aliphatic heterocycles. The third-order valence-corrected chi connectivity index (χ3v) is 6.57. The van der Waals surface area contributed by atoms with E-state index in [2.05, 4.69) is 0 Å². The van der Waals surface area contributed by atoms with Crippen molar-refractivity contribution in [1.82, 2.24) is 8.61 Å². The lowest BCUT2D eigenvalue weighted by Crippen LogP contribution is -2.59. The summed E-state index contributed by atoms with van der Waals surface area (Å²) in [6.45, 7) is 2.22. The molecule has 19 heavy (non-hydrogen) atoms. The van der Waals surface area contributed by atoms with Crippen LogP contribution in [-0.2, 0) is 14.9 Å². The molecule has 0 aromatic heterocycles. The zero-order valence-corrected chi connectivity index (χ0v) is 12.5. The Morgan fingerprint density at radius 2 is 1.79 bits per heavy atom. The number of likely N-dealkylation sites (N-methyl/N-ethyl adjacent to an activating group) is 1. The lowest BCUT2D eigenvalue weighted by molar-refractivity contribution is 0.0654. The van der Waals surface area contributed by atoms with E-state index in [0.29, 0.717) is 32.8 Å². The quantitative estimate of drug-likeness (QED) is 0.800. The molecule has 1 heterocycles. The first-order chi connectivity index (χ1) is 9.03. The van der Waals surface area contributed by atoms with Crippen LogP contribution in [0, 0.1) is 0 Å². The van der Waals surface area contributed by atoms with Gasteiger partial charge >= 0.3 is 0 Å². The molecule has 2 N–H and O–H groups in total. The van der Waals surface area contributed by atoms with Crippen LogP contribution < -0.4 is 5.73 Å². The van der Waals surface area contributed by atoms with Gasteiger partial charge in [0.15, 0.2) is 0 Å². The number of morpholine rings is 1. The highest BCUT2D eigenvalue weighted by Gasteiger charge is 2.43. The van der Waals surface area contributed by atoms with E-state index in [9.17, 15) is 8.42 Å². The van der Waals surface area contributed by atoms with Crippen LogP contribution in [0.1, 0.15) is 32.1 Å². The topological polar surface area (TPSA) is 75.9 Å². The van der Waals surface area contributed by atoms with E-state index in [1.807, 2.05) is 0 Å². The third kappa shape index (κ3) is 2.95. The summed E-state index contributed by atoms with van der Waals surface area (Å²) >= 11 is 0. The van der Waals surface area contributed by atoms with E-state index in [1.54, 1.807) is 7.05 Å². The first kappa shape index (κ1) is 15.2. The van der Waals surface area contributed by atoms with Crippen molar-refractivity contribution in [3.63, 3.8) is 0 Å². The standard InChI is InChI=1S/C12H25N3O3S/c1-14(12(11-13)5-3-2-4-6-12)19(16,17)15-7-9-18-10-8-15/h2-11,13H2,1H3. The van der Waals surface area contributed by atoms with Gasteiger partial charge in [-0.2, -0.15) is 17.0 Å². The molecule has 1 aliphatic carbocycles. The number of ether oxygens (including phenoxy) is 1. The van der Waals surface area contributed by atoms with Crippen LogP contribution in [0.4, 0.5) is 0 Å². The summed E-state index contributed by atoms with van der Waals surface area (Å²) in [5, 5.41) is 0. The fourth-order valence-electron chi connectivity index (χ4n) is 3.05. The van der Waals surface area contributed by atoms with Crippen LogP contribution in [0.15, 0.2) is 0 Å². The van der Waals surface area contributed by atoms with Gasteiger partial charge in [0.05, 0.1) is 13.2 Å². The first-order valence-corrected chi connectivity index (χ1v) is 8.44. The predicted octanol–water partition coefficient (Wildman–Crippen LogP) is 0.157. The van der Waals surface area contributed by atoms with E-state index < -0.39 is 15.7 Å². The number of nitrogens with zero attached hydrogens (tertiary/aromatic N) is 2. The van der Waals surface area contributed by atoms with E-state index in [1.165, 1.54) is 15.0 Å². The fraction of sp³-hybridized carbons (Fsp3) is 1.00. The number of rotatable bonds is 4. The van der Waals surface area contributed by atoms with Crippen LogP contribution in [0.3, 0.4) is 0 Å². The van der Waals surface area contributed by atoms with Crippen LogP contribution in [-0.4, -0.2) is 62.5 Å². The number of hydrogen-bond acceptors (Lipinski definition) is 4. The highest BCUT2D eigenvalue weighted by Crippen LogP contribution is 2.34. The third-order valence-electron chi connectivity index (χ3n) is 4.47. The summed E-state index contributed by atoms with van der Waals surface area (Å²) < 4.78 is 33.7. The molecule has 6 nitrogen and oxygen atoms in total. The molecule has 0 aromatic carbocycles. The maximum Gasteiger partial charge on any atom is 0.282 e. The van der Waals surface area contributed by atoms with Crippen molar-refractivity contribution in [2.45, 2.75) is 37.6 Å². The minimum absolute atomic E-state index is 0.393. The Morgan fingerprint density at radius 3 is 2.32 bits per heavy atom. The molecule has 2 aliphatic rings. The van der Waals surface area contributed by atoms with Crippen LogP contribution >= 0.6 is 0 Å². The van der Waals surface area contributed by atoms with Crippen molar-refractivity contribution in [2.75, 3.05) is 39.9 Å². The van der Waals surface area contributed by atoms with Gasteiger partial charge < -0.3 is 10.5 Å². The second-order valence-corrected chi connectivity index (χ2v) is 7.44. The van der Waals surface area contributed by atoms with Crippen molar-refractivity contribution < 1.29 is 13.2 Å². The minimum atomic E-state index is -3.43. The molecule has 0 bridgehead atoms. The summed E-state index contributed by atoms with van der Waals surface area (Å²) in [4.78, 5) is 0. The normalized spacial score (nSPS) is 25.6. The van der Waals surface area contributed by atoms with Gasteiger partial charge in [-0.25, -0.2) is 0 Å². The molecule has 2 fully saturated rings. The summed E-state index contributed by atoms with van der Waals surface area (Å²) in [6, 6.07) is 0. The molecular weight excluding hydrogens is 266 g/mol. The number of hydrogen-bond donors (Lipinski definition) is 1. The highest BCUT2D eigenvalue weighted by molar-refractivity contribution is 7.86. The van der Waals surface area contributed by atoms with Gasteiger partial charge in [0.25, 0.3) is 10.2 Å². The van der Waals surface area contributed by atoms with Crippen LogP contribution in [0.2, 0.25) is 0 Å². The highest BCUT2D eigenvalue weighted by atomic mass is 32.2. The Morgan fingerprint density at radius 1 is 1.21 bits per heavy atom. The zero-order chi connectivity index (χ0) is 13.9. The van der Waals surface area contributed by atoms with Crippen LogP contribution in [0.5, 0.6) is 0 Å². The van der Waals surface area contributed by atoms with Crippen molar-refractivity contribution >= 4 is 10.2 Å². The second-order valence-electron chi connectivity index (χ2n) is 5.48. The monoisotopic (exact) mass is 291 g/mol. The van der Waals surface area contributed by atoms with Gasteiger partial charge in [-0.15, -0.1) is 0 Å². The van der Waals surface area contributed by atoms with Crippen molar-refractivity contribution in [3.05, 3.63) is 0 Å². The second kappa shape index (κ2) is 6.05. The molecule has 112 valence electrons. The average Bonchev–Trinajstić information content (AvgIpc) is 2.48. The van der Waals surface area contributed by atoms with E-state index in [4.69, 9.17) is 10.5 Å². The Bertz CT molecular complexity index is 387. The SMILES string of the molecule is CN(C1(CN)CCCCC1)S(=O)(=O)N1CCOCC1. The lowest BCUT2D eigenvalue weighted by atomic mass is 9.82. The molecule has 1 saturated heterocycles. The van der Waals surface area contributed by atoms with Gasteiger partial charge in [-0.3, -0.25) is 0 Å². The molecule has 0 atom stereocenters. The Labute approximate surface area is 116 Å². The molecule has 2 rings (SSSR count). The summed E-state index contributed by atoms with van der Waals surface area (Å²) in [6.07, 6.45) is 5.01. The Kier molecular flexibility index (Phi) is 4.84. The maximum absolute atomic E-state index is 12.7. The van der Waals surface area contributed by atoms with Crippen molar-refractivity contribution in [2.24, 2.45) is 5.73 Å². The van der Waals surface area contributed by atoms with Gasteiger partial charge in [0.2, 0.25) is 0 Å². The van der Waals surface area contributed by atoms with Gasteiger partial charge in [-0.05, 0) is 12.8 Å². The Balaban J connectivity index is 2.17. The van der Waals surface area contributed by atoms with Gasteiger partial charge in [-0.1, -0.05) is 19.3 Å². The molecule has 0 amide bonds. The smallest absolute Gasteiger partial charge is 0.282 e. The number of nitrogens with two attached hydrogens (primary N) is 1. The first-order valence-electron chi connectivity index (χ1n) is 7.05. The summed E-state index contributed by atoms with van der Waals surface area (Å²) in [5.41, 5.74) is 5.52. The molecule has 0 aromatic rings. The van der Waals surface area contributed by atoms with Crippen molar-refractivity contribution in [1.29, 1.82) is 0 Å². The average molecular weight is 291 g/mol. The van der Waals surface area contributed by atoms with E-state index >= 15 is 0 Å². The van der Waals surface area contributed by atoms with Gasteiger partial charge in [0, 0.05) is 32.2 Å². The van der Waals surface area contributed by atoms with Crippen molar-refractivity contribution in [3.8, 4) is 0 Å². The zero-order valence-electron chi connectivity index (χ0n) is 11.7. The maximum atomic E-state index is 12.7. The molecular formula is C12H25N3O3S. The molecule has 0 unspecified atom stereocenters. The summed E-state index contributed by atoms with van der Waals surface area (Å²) in [7, 11) is -1.74. The minimum Gasteiger partial charge on any atom is -0.379 e.